The van der Waals surface area contributed by atoms with Gasteiger partial charge in [-0.1, -0.05) is 41.9 Å². The molecule has 0 unspecified atom stereocenters. The number of hydrogen-bond donors (Lipinski definition) is 1. The zero-order valence-electron chi connectivity index (χ0n) is 17.5. The van der Waals surface area contributed by atoms with E-state index in [1.165, 1.54) is 12.1 Å². The number of ether oxygens (including phenoxy) is 3. The number of carbonyl (C=O) groups excluding carboxylic acids is 3. The minimum absolute atomic E-state index is 0.0721. The number of nitrogens with one attached hydrogen (secondary N) is 1. The quantitative estimate of drug-likeness (QED) is 0.421. The smallest absolute Gasteiger partial charge is 0.339 e. The average Bonchev–Trinajstić information content (AvgIpc) is 2.86. The third-order valence-electron chi connectivity index (χ3n) is 4.93. The largest absolute Gasteiger partial charge is 0.486 e. The first kappa shape index (κ1) is 22.4. The lowest BCUT2D eigenvalue weighted by molar-refractivity contribution is -0.124. The molecule has 1 aliphatic rings. The number of amides is 1. The molecule has 0 aromatic heterocycles. The summed E-state index contributed by atoms with van der Waals surface area (Å²) in [6.45, 7) is 0.640. The van der Waals surface area contributed by atoms with Gasteiger partial charge >= 0.3 is 5.97 Å². The molecule has 3 aromatic carbocycles. The summed E-state index contributed by atoms with van der Waals surface area (Å²) < 4.78 is 16.2. The van der Waals surface area contributed by atoms with Crippen LogP contribution in [0.15, 0.2) is 66.7 Å². The van der Waals surface area contributed by atoms with Crippen molar-refractivity contribution in [2.24, 2.45) is 0 Å². The van der Waals surface area contributed by atoms with Crippen molar-refractivity contribution in [3.8, 4) is 11.5 Å². The maximum absolute atomic E-state index is 13.1. The molecule has 7 nitrogen and oxygen atoms in total. The monoisotopic (exact) mass is 465 g/mol. The van der Waals surface area contributed by atoms with Crippen LogP contribution in [0.1, 0.15) is 31.8 Å². The number of ketones is 1. The highest BCUT2D eigenvalue weighted by Gasteiger charge is 2.22. The zero-order chi connectivity index (χ0) is 23.2. The summed E-state index contributed by atoms with van der Waals surface area (Å²) in [6.07, 6.45) is 0. The van der Waals surface area contributed by atoms with Gasteiger partial charge in [0, 0.05) is 22.7 Å². The number of fused-ring (bicyclic) bond motifs is 1. The van der Waals surface area contributed by atoms with Gasteiger partial charge in [-0.05, 0) is 42.0 Å². The summed E-state index contributed by atoms with van der Waals surface area (Å²) in [7, 11) is 0. The fourth-order valence-corrected chi connectivity index (χ4v) is 3.39. The topological polar surface area (TPSA) is 90.9 Å². The lowest BCUT2D eigenvalue weighted by Gasteiger charge is -2.18. The van der Waals surface area contributed by atoms with Gasteiger partial charge in [0.2, 0.25) is 0 Å². The van der Waals surface area contributed by atoms with Crippen molar-refractivity contribution < 1.29 is 28.6 Å². The number of benzene rings is 3. The Morgan fingerprint density at radius 2 is 1.58 bits per heavy atom. The molecule has 3 aromatic rings. The lowest BCUT2D eigenvalue weighted by Crippen LogP contribution is -2.28. The molecule has 0 fully saturated rings. The van der Waals surface area contributed by atoms with Gasteiger partial charge in [-0.3, -0.25) is 9.59 Å². The van der Waals surface area contributed by atoms with Crippen molar-refractivity contribution in [1.82, 2.24) is 5.32 Å². The molecule has 1 N–H and O–H groups in total. The van der Waals surface area contributed by atoms with Gasteiger partial charge < -0.3 is 19.5 Å². The van der Waals surface area contributed by atoms with Crippen molar-refractivity contribution >= 4 is 29.3 Å². The second-order valence-electron chi connectivity index (χ2n) is 7.21. The summed E-state index contributed by atoms with van der Waals surface area (Å²) in [5, 5.41) is 3.27. The Morgan fingerprint density at radius 3 is 2.33 bits per heavy atom. The highest BCUT2D eigenvalue weighted by molar-refractivity contribution is 6.30. The molecule has 0 bridgehead atoms. The SMILES string of the molecule is O=C(COC(=O)c1ccccc1C(=O)c1ccc2c(c1)OCCO2)NCc1ccc(Cl)cc1. The van der Waals surface area contributed by atoms with E-state index in [2.05, 4.69) is 5.32 Å². The van der Waals surface area contributed by atoms with Crippen LogP contribution in [0.3, 0.4) is 0 Å². The molecule has 1 heterocycles. The molecule has 1 amide bonds. The van der Waals surface area contributed by atoms with E-state index < -0.39 is 18.5 Å². The maximum atomic E-state index is 13.1. The Labute approximate surface area is 195 Å². The van der Waals surface area contributed by atoms with Gasteiger partial charge in [-0.25, -0.2) is 4.79 Å². The molecule has 0 aliphatic carbocycles. The van der Waals surface area contributed by atoms with Crippen LogP contribution in [0.4, 0.5) is 0 Å². The van der Waals surface area contributed by atoms with Gasteiger partial charge in [0.05, 0.1) is 5.56 Å². The maximum Gasteiger partial charge on any atom is 0.339 e. The number of rotatable bonds is 7. The van der Waals surface area contributed by atoms with Crippen LogP contribution in [-0.4, -0.2) is 37.5 Å². The van der Waals surface area contributed by atoms with E-state index in [0.29, 0.717) is 35.3 Å². The number of hydrogen-bond acceptors (Lipinski definition) is 6. The number of halogens is 1. The molecule has 0 radical (unpaired) electrons. The number of esters is 1. The summed E-state index contributed by atoms with van der Waals surface area (Å²) in [5.74, 6) is -0.557. The number of carbonyl (C=O) groups is 3. The third kappa shape index (κ3) is 5.51. The predicted octanol–water partition coefficient (Wildman–Crippen LogP) is 3.82. The third-order valence-corrected chi connectivity index (χ3v) is 5.19. The van der Waals surface area contributed by atoms with Crippen LogP contribution < -0.4 is 14.8 Å². The molecular weight excluding hydrogens is 446 g/mol. The van der Waals surface area contributed by atoms with Crippen LogP contribution in [0, 0.1) is 0 Å². The Morgan fingerprint density at radius 1 is 0.879 bits per heavy atom. The molecule has 8 heteroatoms. The second-order valence-corrected chi connectivity index (χ2v) is 7.65. The Bertz CT molecular complexity index is 1190. The summed E-state index contributed by atoms with van der Waals surface area (Å²) in [6, 6.07) is 18.2. The van der Waals surface area contributed by atoms with E-state index in [1.807, 2.05) is 0 Å². The van der Waals surface area contributed by atoms with Gasteiger partial charge in [-0.15, -0.1) is 0 Å². The van der Waals surface area contributed by atoms with E-state index in [1.54, 1.807) is 54.6 Å². The minimum Gasteiger partial charge on any atom is -0.486 e. The van der Waals surface area contributed by atoms with Crippen LogP contribution >= 0.6 is 11.6 Å². The first-order valence-corrected chi connectivity index (χ1v) is 10.6. The van der Waals surface area contributed by atoms with Gasteiger partial charge in [0.15, 0.2) is 23.9 Å². The zero-order valence-corrected chi connectivity index (χ0v) is 18.3. The minimum atomic E-state index is -0.766. The molecule has 4 rings (SSSR count). The van der Waals surface area contributed by atoms with Crippen LogP contribution in [0.25, 0.3) is 0 Å². The lowest BCUT2D eigenvalue weighted by atomic mass is 9.98. The van der Waals surface area contributed by atoms with Crippen molar-refractivity contribution in [2.75, 3.05) is 19.8 Å². The summed E-state index contributed by atoms with van der Waals surface area (Å²) in [5.41, 5.74) is 1.44. The summed E-state index contributed by atoms with van der Waals surface area (Å²) >= 11 is 5.84. The summed E-state index contributed by atoms with van der Waals surface area (Å²) in [4.78, 5) is 37.8. The van der Waals surface area contributed by atoms with Crippen molar-refractivity contribution in [1.29, 1.82) is 0 Å². The van der Waals surface area contributed by atoms with Gasteiger partial charge in [-0.2, -0.15) is 0 Å². The standard InChI is InChI=1S/C25H20ClNO6/c26-18-8-5-16(6-9-18)14-27-23(28)15-33-25(30)20-4-2-1-3-19(20)24(29)17-7-10-21-22(13-17)32-12-11-31-21/h1-10,13H,11-12,14-15H2,(H,27,28). The van der Waals surface area contributed by atoms with E-state index in [-0.39, 0.29) is 23.5 Å². The molecule has 0 saturated carbocycles. The molecule has 0 spiro atoms. The molecule has 0 atom stereocenters. The molecule has 33 heavy (non-hydrogen) atoms. The first-order valence-electron chi connectivity index (χ1n) is 10.2. The Balaban J connectivity index is 1.40. The fourth-order valence-electron chi connectivity index (χ4n) is 3.26. The highest BCUT2D eigenvalue weighted by atomic mass is 35.5. The first-order chi connectivity index (χ1) is 16.0. The average molecular weight is 466 g/mol. The molecular formula is C25H20ClNO6. The molecule has 0 saturated heterocycles. The van der Waals surface area contributed by atoms with E-state index in [4.69, 9.17) is 25.8 Å². The van der Waals surface area contributed by atoms with E-state index >= 15 is 0 Å². The second kappa shape index (κ2) is 10.2. The van der Waals surface area contributed by atoms with Crippen LogP contribution in [-0.2, 0) is 16.1 Å². The van der Waals surface area contributed by atoms with Gasteiger partial charge in [0.25, 0.3) is 5.91 Å². The molecule has 168 valence electrons. The van der Waals surface area contributed by atoms with E-state index in [0.717, 1.165) is 5.56 Å². The van der Waals surface area contributed by atoms with Crippen molar-refractivity contribution in [2.45, 2.75) is 6.54 Å². The van der Waals surface area contributed by atoms with Crippen LogP contribution in [0.2, 0.25) is 5.02 Å². The van der Waals surface area contributed by atoms with E-state index in [9.17, 15) is 14.4 Å². The Hall–Kier alpha value is -3.84. The highest BCUT2D eigenvalue weighted by Crippen LogP contribution is 2.31. The van der Waals surface area contributed by atoms with Gasteiger partial charge in [0.1, 0.15) is 13.2 Å². The normalized spacial score (nSPS) is 12.0. The Kier molecular flexibility index (Phi) is 6.90. The fraction of sp³-hybridized carbons (Fsp3) is 0.160. The van der Waals surface area contributed by atoms with Crippen LogP contribution in [0.5, 0.6) is 11.5 Å². The van der Waals surface area contributed by atoms with Crippen molar-refractivity contribution in [3.63, 3.8) is 0 Å². The predicted molar refractivity (Wildman–Crippen MR) is 121 cm³/mol. The van der Waals surface area contributed by atoms with Crippen molar-refractivity contribution in [3.05, 3.63) is 94.0 Å². The molecule has 1 aliphatic heterocycles.